The first kappa shape index (κ1) is 12.2. The average molecular weight is 228 g/mol. The summed E-state index contributed by atoms with van der Waals surface area (Å²) in [6.45, 7) is 4.14. The molecular weight excluding hydrogens is 212 g/mol. The van der Waals surface area contributed by atoms with Crippen LogP contribution in [0.4, 0.5) is 5.95 Å². The van der Waals surface area contributed by atoms with Crippen molar-refractivity contribution in [2.45, 2.75) is 18.9 Å². The first-order valence-electron chi connectivity index (χ1n) is 4.71. The van der Waals surface area contributed by atoms with Gasteiger partial charge in [0.25, 0.3) is 0 Å². The fraction of sp³-hybridized carbons (Fsp3) is 0.556. The van der Waals surface area contributed by atoms with Gasteiger partial charge in [0, 0.05) is 18.6 Å². The zero-order valence-electron chi connectivity index (χ0n) is 8.90. The molecule has 0 aliphatic rings. The quantitative estimate of drug-likeness (QED) is 0.299. The van der Waals surface area contributed by atoms with Crippen molar-refractivity contribution in [3.05, 3.63) is 11.8 Å². The molecule has 0 aliphatic heterocycles. The van der Waals surface area contributed by atoms with Crippen LogP contribution in [0.5, 0.6) is 0 Å². The predicted molar refractivity (Wildman–Crippen MR) is 61.6 cm³/mol. The van der Waals surface area contributed by atoms with Gasteiger partial charge in [0.05, 0.1) is 0 Å². The minimum Gasteiger partial charge on any atom is -0.396 e. The number of rotatable bonds is 5. The molecular formula is C9H16N4OS. The van der Waals surface area contributed by atoms with Gasteiger partial charge in [-0.1, -0.05) is 6.92 Å². The molecule has 4 N–H and O–H groups in total. The maximum Gasteiger partial charge on any atom is 0.238 e. The fourth-order valence-electron chi connectivity index (χ4n) is 0.916. The van der Waals surface area contributed by atoms with Gasteiger partial charge >= 0.3 is 0 Å². The summed E-state index contributed by atoms with van der Waals surface area (Å²) >= 11 is 1.60. The number of nitrogens with zero attached hydrogens (tertiary/aromatic N) is 2. The normalized spacial score (nSPS) is 12.5. The summed E-state index contributed by atoms with van der Waals surface area (Å²) in [6, 6.07) is 0. The van der Waals surface area contributed by atoms with Gasteiger partial charge in [0.15, 0.2) is 0 Å². The molecule has 0 saturated carbocycles. The van der Waals surface area contributed by atoms with Crippen molar-refractivity contribution >= 4 is 17.7 Å². The number of aliphatic hydroxyl groups is 1. The van der Waals surface area contributed by atoms with Gasteiger partial charge in [-0.2, -0.15) is 0 Å². The number of aromatic nitrogens is 2. The molecule has 0 bridgehead atoms. The van der Waals surface area contributed by atoms with E-state index < -0.39 is 0 Å². The standard InChI is InChI=1S/C9H16N4OS/c1-6(4-14)5-15-8-7(2)3-11-9(12-8)13-10/h3,6,14H,4-5,10H2,1-2H3,(H,11,12,13). The SMILES string of the molecule is Cc1cnc(NN)nc1SCC(C)CO. The summed E-state index contributed by atoms with van der Waals surface area (Å²) in [4.78, 5) is 8.23. The van der Waals surface area contributed by atoms with Gasteiger partial charge < -0.3 is 5.11 Å². The summed E-state index contributed by atoms with van der Waals surface area (Å²) < 4.78 is 0. The van der Waals surface area contributed by atoms with E-state index in [1.54, 1.807) is 18.0 Å². The van der Waals surface area contributed by atoms with Crippen molar-refractivity contribution in [2.75, 3.05) is 17.8 Å². The zero-order chi connectivity index (χ0) is 11.3. The Hall–Kier alpha value is -0.850. The molecule has 5 nitrogen and oxygen atoms in total. The molecule has 1 atom stereocenters. The third kappa shape index (κ3) is 3.65. The Labute approximate surface area is 93.5 Å². The van der Waals surface area contributed by atoms with Crippen LogP contribution >= 0.6 is 11.8 Å². The van der Waals surface area contributed by atoms with Crippen LogP contribution in [0.25, 0.3) is 0 Å². The Balaban J connectivity index is 2.66. The van der Waals surface area contributed by atoms with Crippen molar-refractivity contribution in [2.24, 2.45) is 11.8 Å². The van der Waals surface area contributed by atoms with Crippen molar-refractivity contribution in [1.29, 1.82) is 0 Å². The number of hydrogen-bond acceptors (Lipinski definition) is 6. The largest absolute Gasteiger partial charge is 0.396 e. The molecule has 15 heavy (non-hydrogen) atoms. The van der Waals surface area contributed by atoms with E-state index in [9.17, 15) is 0 Å². The lowest BCUT2D eigenvalue weighted by Crippen LogP contribution is -2.11. The molecule has 1 heterocycles. The molecule has 1 aromatic heterocycles. The number of nitrogen functional groups attached to an aromatic ring is 1. The molecule has 84 valence electrons. The second kappa shape index (κ2) is 5.89. The van der Waals surface area contributed by atoms with Crippen LogP contribution < -0.4 is 11.3 Å². The third-order valence-corrected chi connectivity index (χ3v) is 3.29. The van der Waals surface area contributed by atoms with Gasteiger partial charge in [-0.25, -0.2) is 15.8 Å². The predicted octanol–water partition coefficient (Wildman–Crippen LogP) is 0.791. The number of aliphatic hydroxyl groups excluding tert-OH is 1. The molecule has 0 amide bonds. The van der Waals surface area contributed by atoms with Gasteiger partial charge in [0.2, 0.25) is 5.95 Å². The van der Waals surface area contributed by atoms with Crippen molar-refractivity contribution in [3.63, 3.8) is 0 Å². The summed E-state index contributed by atoms with van der Waals surface area (Å²) in [6.07, 6.45) is 1.73. The van der Waals surface area contributed by atoms with E-state index in [-0.39, 0.29) is 12.5 Å². The highest BCUT2D eigenvalue weighted by Crippen LogP contribution is 2.22. The van der Waals surface area contributed by atoms with E-state index in [0.717, 1.165) is 16.3 Å². The first-order valence-corrected chi connectivity index (χ1v) is 5.69. The van der Waals surface area contributed by atoms with E-state index in [0.29, 0.717) is 5.95 Å². The number of hydrazine groups is 1. The minimum absolute atomic E-state index is 0.194. The lowest BCUT2D eigenvalue weighted by atomic mass is 10.2. The molecule has 0 radical (unpaired) electrons. The Kier molecular flexibility index (Phi) is 4.80. The van der Waals surface area contributed by atoms with Gasteiger partial charge in [-0.15, -0.1) is 11.8 Å². The molecule has 0 spiro atoms. The van der Waals surface area contributed by atoms with Crippen LogP contribution in [0.2, 0.25) is 0 Å². The smallest absolute Gasteiger partial charge is 0.238 e. The number of anilines is 1. The van der Waals surface area contributed by atoms with Crippen LogP contribution in [-0.4, -0.2) is 27.4 Å². The van der Waals surface area contributed by atoms with E-state index >= 15 is 0 Å². The highest BCUT2D eigenvalue weighted by atomic mass is 32.2. The molecule has 1 rings (SSSR count). The van der Waals surface area contributed by atoms with Crippen molar-refractivity contribution in [3.8, 4) is 0 Å². The van der Waals surface area contributed by atoms with Crippen LogP contribution in [0.1, 0.15) is 12.5 Å². The highest BCUT2D eigenvalue weighted by Gasteiger charge is 2.06. The average Bonchev–Trinajstić information content (AvgIpc) is 2.27. The minimum atomic E-state index is 0.194. The third-order valence-electron chi connectivity index (χ3n) is 1.87. The maximum atomic E-state index is 8.90. The van der Waals surface area contributed by atoms with Crippen LogP contribution in [0, 0.1) is 12.8 Å². The van der Waals surface area contributed by atoms with Gasteiger partial charge in [0.1, 0.15) is 5.03 Å². The summed E-state index contributed by atoms with van der Waals surface area (Å²) in [7, 11) is 0. The number of hydrogen-bond donors (Lipinski definition) is 3. The molecule has 1 unspecified atom stereocenters. The van der Waals surface area contributed by atoms with E-state index in [2.05, 4.69) is 15.4 Å². The van der Waals surface area contributed by atoms with Crippen molar-refractivity contribution < 1.29 is 5.11 Å². The molecule has 0 saturated heterocycles. The summed E-state index contributed by atoms with van der Waals surface area (Å²) in [5.74, 6) is 6.74. The monoisotopic (exact) mass is 228 g/mol. The number of thioether (sulfide) groups is 1. The molecule has 1 aromatic rings. The maximum absolute atomic E-state index is 8.90. The Morgan fingerprint density at radius 3 is 3.00 bits per heavy atom. The molecule has 0 aromatic carbocycles. The van der Waals surface area contributed by atoms with Gasteiger partial charge in [-0.05, 0) is 18.4 Å². The van der Waals surface area contributed by atoms with Gasteiger partial charge in [-0.3, -0.25) is 5.43 Å². The van der Waals surface area contributed by atoms with Crippen LogP contribution in [-0.2, 0) is 0 Å². The number of nitrogens with one attached hydrogen (secondary N) is 1. The molecule has 0 fully saturated rings. The van der Waals surface area contributed by atoms with Crippen LogP contribution in [0.3, 0.4) is 0 Å². The van der Waals surface area contributed by atoms with E-state index in [1.165, 1.54) is 0 Å². The Morgan fingerprint density at radius 1 is 1.67 bits per heavy atom. The molecule has 6 heteroatoms. The second-order valence-electron chi connectivity index (χ2n) is 3.42. The second-order valence-corrected chi connectivity index (χ2v) is 4.43. The lowest BCUT2D eigenvalue weighted by molar-refractivity contribution is 0.250. The molecule has 0 aliphatic carbocycles. The Morgan fingerprint density at radius 2 is 2.40 bits per heavy atom. The number of nitrogens with two attached hydrogens (primary N) is 1. The van der Waals surface area contributed by atoms with E-state index in [4.69, 9.17) is 10.9 Å². The topological polar surface area (TPSA) is 84.1 Å². The zero-order valence-corrected chi connectivity index (χ0v) is 9.71. The summed E-state index contributed by atoms with van der Waals surface area (Å²) in [5.41, 5.74) is 3.43. The highest BCUT2D eigenvalue weighted by molar-refractivity contribution is 7.99. The van der Waals surface area contributed by atoms with Crippen molar-refractivity contribution in [1.82, 2.24) is 9.97 Å². The fourth-order valence-corrected chi connectivity index (χ4v) is 1.90. The van der Waals surface area contributed by atoms with Crippen LogP contribution in [0.15, 0.2) is 11.2 Å². The summed E-state index contributed by atoms with van der Waals surface area (Å²) in [5, 5.41) is 9.81. The van der Waals surface area contributed by atoms with E-state index in [1.807, 2.05) is 13.8 Å². The lowest BCUT2D eigenvalue weighted by Gasteiger charge is -2.09. The Bertz CT molecular complexity index is 321. The number of aryl methyl sites for hydroxylation is 1. The first-order chi connectivity index (χ1) is 7.17.